The van der Waals surface area contributed by atoms with Gasteiger partial charge in [-0.15, -0.1) is 0 Å². The molecule has 1 amide bonds. The molecule has 2 aromatic heterocycles. The fourth-order valence-electron chi connectivity index (χ4n) is 2.25. The summed E-state index contributed by atoms with van der Waals surface area (Å²) >= 11 is 0. The predicted octanol–water partition coefficient (Wildman–Crippen LogP) is 1.57. The van der Waals surface area contributed by atoms with Crippen molar-refractivity contribution in [3.8, 4) is 0 Å². The molecule has 0 aliphatic carbocycles. The number of nitrogen functional groups attached to an aromatic ring is 1. The van der Waals surface area contributed by atoms with E-state index in [1.165, 1.54) is 6.20 Å². The minimum absolute atomic E-state index is 0.260. The summed E-state index contributed by atoms with van der Waals surface area (Å²) in [5, 5.41) is 11.3. The van der Waals surface area contributed by atoms with Gasteiger partial charge in [0.15, 0.2) is 0 Å². The lowest BCUT2D eigenvalue weighted by Crippen LogP contribution is -2.19. The van der Waals surface area contributed by atoms with Gasteiger partial charge in [0.05, 0.1) is 29.0 Å². The van der Waals surface area contributed by atoms with Gasteiger partial charge in [-0.25, -0.2) is 0 Å². The molecule has 7 heteroatoms. The SMILES string of the molecule is CCn1nc(C)c(NC(=O)c2c(N)cnn2CC)c1C. The van der Waals surface area contributed by atoms with Crippen molar-refractivity contribution in [1.29, 1.82) is 0 Å². The van der Waals surface area contributed by atoms with E-state index in [1.807, 2.05) is 32.4 Å². The van der Waals surface area contributed by atoms with Crippen molar-refractivity contribution in [3.63, 3.8) is 0 Å². The van der Waals surface area contributed by atoms with Gasteiger partial charge in [-0.1, -0.05) is 0 Å². The van der Waals surface area contributed by atoms with Crippen LogP contribution in [0.1, 0.15) is 35.7 Å². The van der Waals surface area contributed by atoms with Crippen LogP contribution in [0.3, 0.4) is 0 Å². The zero-order valence-electron chi connectivity index (χ0n) is 12.3. The van der Waals surface area contributed by atoms with Crippen molar-refractivity contribution in [2.24, 2.45) is 0 Å². The van der Waals surface area contributed by atoms with Gasteiger partial charge in [0.25, 0.3) is 5.91 Å². The highest BCUT2D eigenvalue weighted by Crippen LogP contribution is 2.21. The van der Waals surface area contributed by atoms with Crippen LogP contribution in [-0.2, 0) is 13.1 Å². The van der Waals surface area contributed by atoms with E-state index in [4.69, 9.17) is 5.73 Å². The summed E-state index contributed by atoms with van der Waals surface area (Å²) in [4.78, 5) is 12.4. The number of nitrogens with two attached hydrogens (primary N) is 1. The van der Waals surface area contributed by atoms with Gasteiger partial charge in [0, 0.05) is 13.1 Å². The van der Waals surface area contributed by atoms with Gasteiger partial charge in [0.1, 0.15) is 5.69 Å². The lowest BCUT2D eigenvalue weighted by Gasteiger charge is -2.08. The first-order valence-electron chi connectivity index (χ1n) is 6.66. The second-order valence-electron chi connectivity index (χ2n) is 4.58. The number of aryl methyl sites for hydroxylation is 3. The Hall–Kier alpha value is -2.31. The highest BCUT2D eigenvalue weighted by Gasteiger charge is 2.19. The average Bonchev–Trinajstić information content (AvgIpc) is 2.92. The van der Waals surface area contributed by atoms with E-state index in [0.29, 0.717) is 17.9 Å². The molecule has 20 heavy (non-hydrogen) atoms. The molecular weight excluding hydrogens is 256 g/mol. The average molecular weight is 276 g/mol. The third-order valence-corrected chi connectivity index (χ3v) is 3.30. The van der Waals surface area contributed by atoms with Gasteiger partial charge >= 0.3 is 0 Å². The monoisotopic (exact) mass is 276 g/mol. The van der Waals surface area contributed by atoms with Crippen LogP contribution in [0.25, 0.3) is 0 Å². The Morgan fingerprint density at radius 2 is 1.95 bits per heavy atom. The molecule has 0 saturated carbocycles. The van der Waals surface area contributed by atoms with Gasteiger partial charge in [0.2, 0.25) is 0 Å². The summed E-state index contributed by atoms with van der Waals surface area (Å²) in [6.07, 6.45) is 1.49. The standard InChI is InChI=1S/C13H20N6O/c1-5-18-9(4)11(8(3)17-18)16-13(20)12-10(14)7-15-19(12)6-2/h7H,5-6,14H2,1-4H3,(H,16,20). The van der Waals surface area contributed by atoms with Crippen molar-refractivity contribution in [3.05, 3.63) is 23.3 Å². The minimum Gasteiger partial charge on any atom is -0.396 e. The van der Waals surface area contributed by atoms with Gasteiger partial charge in [-0.2, -0.15) is 10.2 Å². The summed E-state index contributed by atoms with van der Waals surface area (Å²) < 4.78 is 3.44. The molecule has 0 saturated heterocycles. The molecule has 7 nitrogen and oxygen atoms in total. The third-order valence-electron chi connectivity index (χ3n) is 3.30. The Bertz CT molecular complexity index is 640. The van der Waals surface area contributed by atoms with Gasteiger partial charge < -0.3 is 11.1 Å². The number of hydrogen-bond donors (Lipinski definition) is 2. The van der Waals surface area contributed by atoms with E-state index >= 15 is 0 Å². The van der Waals surface area contributed by atoms with Crippen molar-refractivity contribution >= 4 is 17.3 Å². The largest absolute Gasteiger partial charge is 0.396 e. The zero-order valence-corrected chi connectivity index (χ0v) is 12.3. The topological polar surface area (TPSA) is 90.8 Å². The van der Waals surface area contributed by atoms with Crippen LogP contribution in [0.5, 0.6) is 0 Å². The smallest absolute Gasteiger partial charge is 0.276 e. The molecule has 108 valence electrons. The Balaban J connectivity index is 2.33. The Labute approximate surface area is 117 Å². The number of anilines is 2. The molecule has 0 atom stereocenters. The molecule has 0 aliphatic rings. The molecule has 0 spiro atoms. The number of nitrogens with one attached hydrogen (secondary N) is 1. The van der Waals surface area contributed by atoms with Gasteiger partial charge in [-0.05, 0) is 27.7 Å². The van der Waals surface area contributed by atoms with E-state index in [-0.39, 0.29) is 5.91 Å². The number of rotatable bonds is 4. The highest BCUT2D eigenvalue weighted by atomic mass is 16.2. The Morgan fingerprint density at radius 3 is 2.50 bits per heavy atom. The summed E-state index contributed by atoms with van der Waals surface area (Å²) in [5.41, 5.74) is 9.03. The van der Waals surface area contributed by atoms with E-state index in [9.17, 15) is 4.79 Å². The molecule has 3 N–H and O–H groups in total. The maximum absolute atomic E-state index is 12.4. The first-order valence-corrected chi connectivity index (χ1v) is 6.66. The number of carbonyl (C=O) groups excluding carboxylic acids is 1. The molecular formula is C13H20N6O. The Kier molecular flexibility index (Phi) is 3.78. The highest BCUT2D eigenvalue weighted by molar-refractivity contribution is 6.06. The van der Waals surface area contributed by atoms with Crippen molar-refractivity contribution in [2.45, 2.75) is 40.8 Å². The summed E-state index contributed by atoms with van der Waals surface area (Å²) in [6, 6.07) is 0. The number of aromatic nitrogens is 4. The molecule has 0 aliphatic heterocycles. The van der Waals surface area contributed by atoms with Crippen LogP contribution in [0.4, 0.5) is 11.4 Å². The first kappa shape index (κ1) is 14.1. The zero-order chi connectivity index (χ0) is 14.9. The van der Waals surface area contributed by atoms with Crippen LogP contribution in [0, 0.1) is 13.8 Å². The van der Waals surface area contributed by atoms with Crippen LogP contribution < -0.4 is 11.1 Å². The predicted molar refractivity (Wildman–Crippen MR) is 77.6 cm³/mol. The Morgan fingerprint density at radius 1 is 1.30 bits per heavy atom. The quantitative estimate of drug-likeness (QED) is 0.886. The van der Waals surface area contributed by atoms with Crippen LogP contribution >= 0.6 is 0 Å². The molecule has 0 unspecified atom stereocenters. The molecule has 0 fully saturated rings. The molecule has 2 rings (SSSR count). The molecule has 2 aromatic rings. The molecule has 2 heterocycles. The van der Waals surface area contributed by atoms with Crippen molar-refractivity contribution in [2.75, 3.05) is 11.1 Å². The van der Waals surface area contributed by atoms with Crippen LogP contribution in [0.2, 0.25) is 0 Å². The maximum Gasteiger partial charge on any atom is 0.276 e. The summed E-state index contributed by atoms with van der Waals surface area (Å²) in [6.45, 7) is 9.07. The molecule has 0 radical (unpaired) electrons. The summed E-state index contributed by atoms with van der Waals surface area (Å²) in [7, 11) is 0. The lowest BCUT2D eigenvalue weighted by molar-refractivity contribution is 0.101. The number of amides is 1. The van der Waals surface area contributed by atoms with E-state index < -0.39 is 0 Å². The third kappa shape index (κ3) is 2.26. The second-order valence-corrected chi connectivity index (χ2v) is 4.58. The fourth-order valence-corrected chi connectivity index (χ4v) is 2.25. The fraction of sp³-hybridized carbons (Fsp3) is 0.462. The van der Waals surface area contributed by atoms with Crippen LogP contribution in [0.15, 0.2) is 6.20 Å². The van der Waals surface area contributed by atoms with E-state index in [1.54, 1.807) is 4.68 Å². The van der Waals surface area contributed by atoms with Gasteiger partial charge in [-0.3, -0.25) is 14.2 Å². The van der Waals surface area contributed by atoms with Crippen molar-refractivity contribution in [1.82, 2.24) is 19.6 Å². The first-order chi connectivity index (χ1) is 9.49. The molecule has 0 bridgehead atoms. The van der Waals surface area contributed by atoms with Crippen LogP contribution in [-0.4, -0.2) is 25.5 Å². The second kappa shape index (κ2) is 5.36. The van der Waals surface area contributed by atoms with E-state index in [2.05, 4.69) is 15.5 Å². The van der Waals surface area contributed by atoms with E-state index in [0.717, 1.165) is 23.6 Å². The number of nitrogens with zero attached hydrogens (tertiary/aromatic N) is 4. The lowest BCUT2D eigenvalue weighted by atomic mass is 10.2. The molecule has 0 aromatic carbocycles. The number of carbonyl (C=O) groups is 1. The normalized spacial score (nSPS) is 10.8. The minimum atomic E-state index is -0.260. The summed E-state index contributed by atoms with van der Waals surface area (Å²) in [5.74, 6) is -0.260. The van der Waals surface area contributed by atoms with Crippen molar-refractivity contribution < 1.29 is 4.79 Å². The number of hydrogen-bond acceptors (Lipinski definition) is 4. The maximum atomic E-state index is 12.4.